The number of carbonyl (C=O) groups excluding carboxylic acids is 4. The summed E-state index contributed by atoms with van der Waals surface area (Å²) in [6.45, 7) is 4.21. The average molecular weight is 387 g/mol. The number of carbonyl (C=O) groups is 4. The molecule has 0 fully saturated rings. The van der Waals surface area contributed by atoms with Crippen LogP contribution in [0.15, 0.2) is 0 Å². The van der Waals surface area contributed by atoms with Crippen molar-refractivity contribution in [3.63, 3.8) is 0 Å². The van der Waals surface area contributed by atoms with Crippen LogP contribution in [0.25, 0.3) is 0 Å². The van der Waals surface area contributed by atoms with Crippen LogP contribution < -0.4 is 16.4 Å². The van der Waals surface area contributed by atoms with Crippen LogP contribution in [-0.4, -0.2) is 42.9 Å². The van der Waals surface area contributed by atoms with Crippen LogP contribution in [0, 0.1) is 5.92 Å². The molecule has 0 bridgehead atoms. The number of rotatable bonds is 14. The first-order valence-corrected chi connectivity index (χ1v) is 9.46. The molecule has 0 aromatic carbocycles. The van der Waals surface area contributed by atoms with Gasteiger partial charge in [0.2, 0.25) is 17.7 Å². The predicted octanol–water partition coefficient (Wildman–Crippen LogP) is 1.41. The normalized spacial score (nSPS) is 13.4. The van der Waals surface area contributed by atoms with Crippen LogP contribution in [0.3, 0.4) is 0 Å². The van der Waals surface area contributed by atoms with E-state index in [0.717, 1.165) is 25.7 Å². The van der Waals surface area contributed by atoms with Gasteiger partial charge in [-0.25, -0.2) is 4.79 Å². The van der Waals surface area contributed by atoms with Crippen molar-refractivity contribution in [3.05, 3.63) is 0 Å². The SMILES string of the molecule is [2H]CCCCCCCC(=O)N[C@@H](CC(N)=O)C(=O)N[C@@H](CC(C)C)C(=O)OC. The van der Waals surface area contributed by atoms with Crippen molar-refractivity contribution in [2.45, 2.75) is 84.2 Å². The Morgan fingerprint density at radius 1 is 1.04 bits per heavy atom. The van der Waals surface area contributed by atoms with Gasteiger partial charge < -0.3 is 21.1 Å². The number of hydrogen-bond donors (Lipinski definition) is 3. The molecular weight excluding hydrogens is 350 g/mol. The number of ether oxygens (including phenoxy) is 1. The van der Waals surface area contributed by atoms with Gasteiger partial charge in [0, 0.05) is 7.79 Å². The summed E-state index contributed by atoms with van der Waals surface area (Å²) in [5.74, 6) is -2.17. The number of amides is 3. The molecule has 0 unspecified atom stereocenters. The molecule has 0 radical (unpaired) electrons. The van der Waals surface area contributed by atoms with Gasteiger partial charge in [-0.3, -0.25) is 14.4 Å². The molecule has 0 aliphatic heterocycles. The monoisotopic (exact) mass is 386 g/mol. The Kier molecular flexibility index (Phi) is 11.9. The van der Waals surface area contributed by atoms with Gasteiger partial charge in [0.25, 0.3) is 0 Å². The minimum atomic E-state index is -1.13. The minimum Gasteiger partial charge on any atom is -0.467 e. The molecule has 0 saturated carbocycles. The molecule has 0 aromatic rings. The summed E-state index contributed by atoms with van der Waals surface area (Å²) in [4.78, 5) is 47.8. The second-order valence-corrected chi connectivity index (χ2v) is 7.02. The zero-order valence-electron chi connectivity index (χ0n) is 17.7. The molecule has 2 atom stereocenters. The molecule has 0 heterocycles. The number of methoxy groups -OCH3 is 1. The third-order valence-corrected chi connectivity index (χ3v) is 3.97. The van der Waals surface area contributed by atoms with E-state index in [9.17, 15) is 19.2 Å². The van der Waals surface area contributed by atoms with Gasteiger partial charge in [-0.15, -0.1) is 0 Å². The Hall–Kier alpha value is -2.12. The molecule has 8 heteroatoms. The molecule has 8 nitrogen and oxygen atoms in total. The van der Waals surface area contributed by atoms with Crippen LogP contribution in [0.4, 0.5) is 0 Å². The summed E-state index contributed by atoms with van der Waals surface area (Å²) in [6.07, 6.45) is 4.53. The first kappa shape index (κ1) is 22.9. The standard InChI is InChI=1S/C19H35N3O5/c1-5-6-7-8-9-10-17(24)21-14(12-16(20)23)18(25)22-15(11-13(2)3)19(26)27-4/h13-15H,5-12H2,1-4H3,(H2,20,23)(H,21,24)(H,22,25)/t14-,15-/m0/s1/i1D. The van der Waals surface area contributed by atoms with Crippen molar-refractivity contribution < 1.29 is 25.3 Å². The maximum Gasteiger partial charge on any atom is 0.328 e. The lowest BCUT2D eigenvalue weighted by Crippen LogP contribution is -2.53. The summed E-state index contributed by atoms with van der Waals surface area (Å²) < 4.78 is 11.8. The van der Waals surface area contributed by atoms with Crippen LogP contribution >= 0.6 is 0 Å². The quantitative estimate of drug-likeness (QED) is 0.307. The first-order chi connectivity index (χ1) is 13.2. The molecule has 156 valence electrons. The van der Waals surface area contributed by atoms with Gasteiger partial charge in [0.05, 0.1) is 13.5 Å². The fraction of sp³-hybridized carbons (Fsp3) is 0.789. The van der Waals surface area contributed by atoms with E-state index < -0.39 is 29.9 Å². The smallest absolute Gasteiger partial charge is 0.328 e. The molecular formula is C19H35N3O5. The molecule has 0 aliphatic rings. The van der Waals surface area contributed by atoms with Gasteiger partial charge >= 0.3 is 5.97 Å². The molecule has 27 heavy (non-hydrogen) atoms. The molecule has 0 spiro atoms. The van der Waals surface area contributed by atoms with Gasteiger partial charge in [-0.1, -0.05) is 46.4 Å². The van der Waals surface area contributed by atoms with E-state index in [1.807, 2.05) is 13.8 Å². The number of nitrogens with one attached hydrogen (secondary N) is 2. The summed E-state index contributed by atoms with van der Waals surface area (Å²) in [7, 11) is 1.23. The number of esters is 1. The van der Waals surface area contributed by atoms with Crippen LogP contribution in [0.2, 0.25) is 0 Å². The van der Waals surface area contributed by atoms with E-state index in [1.54, 1.807) is 0 Å². The predicted molar refractivity (Wildman–Crippen MR) is 103 cm³/mol. The molecule has 4 N–H and O–H groups in total. The Balaban J connectivity index is 4.72. The highest BCUT2D eigenvalue weighted by Gasteiger charge is 2.28. The van der Waals surface area contributed by atoms with Crippen molar-refractivity contribution in [2.24, 2.45) is 11.7 Å². The zero-order chi connectivity index (χ0) is 21.5. The number of primary amides is 1. The number of nitrogens with two attached hydrogens (primary N) is 1. The Morgan fingerprint density at radius 3 is 2.26 bits per heavy atom. The van der Waals surface area contributed by atoms with Gasteiger partial charge in [0.1, 0.15) is 12.1 Å². The highest BCUT2D eigenvalue weighted by Crippen LogP contribution is 2.08. The van der Waals surface area contributed by atoms with Crippen molar-refractivity contribution in [1.82, 2.24) is 10.6 Å². The lowest BCUT2D eigenvalue weighted by Gasteiger charge is -2.22. The zero-order valence-corrected chi connectivity index (χ0v) is 16.7. The topological polar surface area (TPSA) is 128 Å². The lowest BCUT2D eigenvalue weighted by molar-refractivity contribution is -0.146. The summed E-state index contributed by atoms with van der Waals surface area (Å²) in [6, 6.07) is -1.99. The second kappa shape index (κ2) is 14.0. The molecule has 0 aromatic heterocycles. The Labute approximate surface area is 163 Å². The summed E-state index contributed by atoms with van der Waals surface area (Å²) in [5, 5.41) is 5.08. The highest BCUT2D eigenvalue weighted by molar-refractivity contribution is 5.93. The Morgan fingerprint density at radius 2 is 1.70 bits per heavy atom. The van der Waals surface area contributed by atoms with Crippen LogP contribution in [0.5, 0.6) is 0 Å². The molecule has 0 aliphatic carbocycles. The third kappa shape index (κ3) is 12.0. The Bertz CT molecular complexity index is 514. The van der Waals surface area contributed by atoms with Crippen LogP contribution in [0.1, 0.15) is 73.5 Å². The fourth-order valence-electron chi connectivity index (χ4n) is 2.59. The maximum absolute atomic E-state index is 12.5. The number of hydrogen-bond acceptors (Lipinski definition) is 5. The van der Waals surface area contributed by atoms with E-state index in [0.29, 0.717) is 19.7 Å². The van der Waals surface area contributed by atoms with Crippen molar-refractivity contribution >= 4 is 23.7 Å². The molecule has 3 amide bonds. The highest BCUT2D eigenvalue weighted by atomic mass is 16.5. The average Bonchev–Trinajstić information content (AvgIpc) is 2.61. The largest absolute Gasteiger partial charge is 0.467 e. The molecule has 0 rings (SSSR count). The van der Waals surface area contributed by atoms with E-state index in [4.69, 9.17) is 11.8 Å². The van der Waals surface area contributed by atoms with Gasteiger partial charge in [-0.2, -0.15) is 0 Å². The lowest BCUT2D eigenvalue weighted by atomic mass is 10.0. The summed E-state index contributed by atoms with van der Waals surface area (Å²) in [5.41, 5.74) is 5.20. The van der Waals surface area contributed by atoms with Crippen molar-refractivity contribution in [2.75, 3.05) is 7.11 Å². The van der Waals surface area contributed by atoms with E-state index >= 15 is 0 Å². The van der Waals surface area contributed by atoms with Crippen molar-refractivity contribution in [1.29, 1.82) is 0 Å². The van der Waals surface area contributed by atoms with Crippen molar-refractivity contribution in [3.8, 4) is 0 Å². The van der Waals surface area contributed by atoms with E-state index in [1.165, 1.54) is 7.11 Å². The van der Waals surface area contributed by atoms with E-state index in [-0.39, 0.29) is 24.7 Å². The minimum absolute atomic E-state index is 0.128. The van der Waals surface area contributed by atoms with Gasteiger partial charge in [0.15, 0.2) is 0 Å². The maximum atomic E-state index is 12.5. The fourth-order valence-corrected chi connectivity index (χ4v) is 2.59. The first-order valence-electron chi connectivity index (χ1n) is 10.2. The van der Waals surface area contributed by atoms with E-state index in [2.05, 4.69) is 10.6 Å². The summed E-state index contributed by atoms with van der Waals surface area (Å²) >= 11 is 0. The van der Waals surface area contributed by atoms with Gasteiger partial charge in [-0.05, 0) is 18.8 Å². The third-order valence-electron chi connectivity index (χ3n) is 3.97. The van der Waals surface area contributed by atoms with Crippen LogP contribution in [-0.2, 0) is 23.9 Å². The number of unbranched alkanes of at least 4 members (excludes halogenated alkanes) is 4. The molecule has 0 saturated heterocycles. The second-order valence-electron chi connectivity index (χ2n) is 7.02.